The van der Waals surface area contributed by atoms with Crippen LogP contribution in [0.15, 0.2) is 10.8 Å². The molecule has 0 unspecified atom stereocenters. The van der Waals surface area contributed by atoms with E-state index in [1.165, 1.54) is 0 Å². The zero-order valence-electron chi connectivity index (χ0n) is 8.43. The molecule has 3 nitrogen and oxygen atoms in total. The molecule has 9 heteroatoms. The number of carboxylic acids is 1. The van der Waals surface area contributed by atoms with Gasteiger partial charge in [0.25, 0.3) is 6.43 Å². The molecule has 0 saturated heterocycles. The van der Waals surface area contributed by atoms with Crippen LogP contribution in [0, 0.1) is 0 Å². The number of carbonyl (C=O) groups is 1. The standard InChI is InChI=1S/C9H5BrF5NO2/c10-7-3(1-5(17)18)6(8(11)12)4(2-16-7)9(13,14)15/h2,8H,1H2,(H,17,18). The number of carboxylic acid groups (broad SMARTS) is 1. The van der Waals surface area contributed by atoms with Crippen LogP contribution < -0.4 is 0 Å². The number of hydrogen-bond donors (Lipinski definition) is 1. The lowest BCUT2D eigenvalue weighted by Gasteiger charge is -2.16. The number of alkyl halides is 5. The minimum absolute atomic E-state index is 0.247. The molecule has 0 amide bonds. The Morgan fingerprint density at radius 1 is 1.44 bits per heavy atom. The number of rotatable bonds is 3. The molecule has 0 aliphatic heterocycles. The molecule has 0 saturated carbocycles. The Labute approximate surface area is 106 Å². The number of aromatic nitrogens is 1. The summed E-state index contributed by atoms with van der Waals surface area (Å²) in [5.74, 6) is -1.53. The van der Waals surface area contributed by atoms with E-state index in [0.29, 0.717) is 0 Å². The Hall–Kier alpha value is -1.25. The Kier molecular flexibility index (Phi) is 4.25. The van der Waals surface area contributed by atoms with Crippen molar-refractivity contribution >= 4 is 21.9 Å². The van der Waals surface area contributed by atoms with Gasteiger partial charge in [-0.15, -0.1) is 0 Å². The molecule has 0 aromatic carbocycles. The van der Waals surface area contributed by atoms with Crippen LogP contribution in [0.2, 0.25) is 0 Å². The third kappa shape index (κ3) is 3.15. The summed E-state index contributed by atoms with van der Waals surface area (Å²) in [4.78, 5) is 13.7. The van der Waals surface area contributed by atoms with Crippen LogP contribution in [0.3, 0.4) is 0 Å². The second kappa shape index (κ2) is 5.17. The first-order valence-corrected chi connectivity index (χ1v) is 5.18. The molecule has 0 aliphatic rings. The third-order valence-corrected chi connectivity index (χ3v) is 2.71. The van der Waals surface area contributed by atoms with Gasteiger partial charge in [-0.2, -0.15) is 13.2 Å². The molecule has 0 spiro atoms. The van der Waals surface area contributed by atoms with E-state index in [2.05, 4.69) is 20.9 Å². The van der Waals surface area contributed by atoms with Crippen LogP contribution in [0.25, 0.3) is 0 Å². The number of nitrogens with zero attached hydrogens (tertiary/aromatic N) is 1. The van der Waals surface area contributed by atoms with Gasteiger partial charge in [-0.1, -0.05) is 0 Å². The predicted octanol–water partition coefficient (Wildman–Crippen LogP) is 3.43. The molecule has 0 atom stereocenters. The van der Waals surface area contributed by atoms with Gasteiger partial charge in [0.15, 0.2) is 0 Å². The van der Waals surface area contributed by atoms with Crippen molar-refractivity contribution in [2.24, 2.45) is 0 Å². The summed E-state index contributed by atoms with van der Waals surface area (Å²) in [7, 11) is 0. The van der Waals surface area contributed by atoms with E-state index in [1.807, 2.05) is 0 Å². The molecule has 0 aliphatic carbocycles. The first-order chi connectivity index (χ1) is 8.14. The van der Waals surface area contributed by atoms with E-state index < -0.39 is 41.7 Å². The van der Waals surface area contributed by atoms with Crippen LogP contribution in [-0.4, -0.2) is 16.1 Å². The first kappa shape index (κ1) is 14.8. The van der Waals surface area contributed by atoms with E-state index in [9.17, 15) is 26.7 Å². The van der Waals surface area contributed by atoms with Crippen molar-refractivity contribution in [1.29, 1.82) is 0 Å². The van der Waals surface area contributed by atoms with Crippen LogP contribution in [-0.2, 0) is 17.4 Å². The molecule has 1 aromatic rings. The number of pyridine rings is 1. The highest BCUT2D eigenvalue weighted by Gasteiger charge is 2.38. The maximum atomic E-state index is 12.7. The monoisotopic (exact) mass is 333 g/mol. The first-order valence-electron chi connectivity index (χ1n) is 4.39. The van der Waals surface area contributed by atoms with Crippen molar-refractivity contribution in [3.63, 3.8) is 0 Å². The Morgan fingerprint density at radius 3 is 2.39 bits per heavy atom. The third-order valence-electron chi connectivity index (χ3n) is 2.02. The smallest absolute Gasteiger partial charge is 0.418 e. The highest BCUT2D eigenvalue weighted by Crippen LogP contribution is 2.39. The molecule has 0 fully saturated rings. The Balaban J connectivity index is 3.52. The van der Waals surface area contributed by atoms with Gasteiger partial charge in [-0.25, -0.2) is 13.8 Å². The van der Waals surface area contributed by atoms with E-state index in [0.717, 1.165) is 0 Å². The van der Waals surface area contributed by atoms with Gasteiger partial charge < -0.3 is 5.11 Å². The van der Waals surface area contributed by atoms with E-state index >= 15 is 0 Å². The highest BCUT2D eigenvalue weighted by atomic mass is 79.9. The summed E-state index contributed by atoms with van der Waals surface area (Å²) in [6, 6.07) is 0. The minimum Gasteiger partial charge on any atom is -0.481 e. The molecule has 0 radical (unpaired) electrons. The number of aliphatic carboxylic acids is 1. The van der Waals surface area contributed by atoms with Gasteiger partial charge in [0, 0.05) is 17.3 Å². The van der Waals surface area contributed by atoms with Crippen molar-refractivity contribution in [1.82, 2.24) is 4.98 Å². The Bertz CT molecular complexity index is 475. The van der Waals surface area contributed by atoms with Crippen LogP contribution >= 0.6 is 15.9 Å². The number of halogens is 6. The predicted molar refractivity (Wildman–Crippen MR) is 53.2 cm³/mol. The van der Waals surface area contributed by atoms with Gasteiger partial charge in [-0.05, 0) is 15.9 Å². The maximum absolute atomic E-state index is 12.7. The summed E-state index contributed by atoms with van der Waals surface area (Å²) >= 11 is 2.67. The van der Waals surface area contributed by atoms with Crippen molar-refractivity contribution < 1.29 is 31.9 Å². The summed E-state index contributed by atoms with van der Waals surface area (Å²) in [5.41, 5.74) is -3.66. The van der Waals surface area contributed by atoms with E-state index in [-0.39, 0.29) is 10.8 Å². The van der Waals surface area contributed by atoms with Crippen LogP contribution in [0.1, 0.15) is 23.1 Å². The quantitative estimate of drug-likeness (QED) is 0.681. The van der Waals surface area contributed by atoms with Crippen molar-refractivity contribution in [2.75, 3.05) is 0 Å². The van der Waals surface area contributed by atoms with Crippen molar-refractivity contribution in [3.05, 3.63) is 27.5 Å². The lowest BCUT2D eigenvalue weighted by Crippen LogP contribution is -2.15. The van der Waals surface area contributed by atoms with Gasteiger partial charge >= 0.3 is 12.1 Å². The fourth-order valence-corrected chi connectivity index (χ4v) is 1.79. The highest BCUT2D eigenvalue weighted by molar-refractivity contribution is 9.10. The fourth-order valence-electron chi connectivity index (χ4n) is 1.34. The van der Waals surface area contributed by atoms with Gasteiger partial charge in [0.2, 0.25) is 0 Å². The molecule has 0 bridgehead atoms. The average molecular weight is 334 g/mol. The van der Waals surface area contributed by atoms with E-state index in [4.69, 9.17) is 5.11 Å². The van der Waals surface area contributed by atoms with Crippen LogP contribution in [0.5, 0.6) is 0 Å². The molecular formula is C9H5BrF5NO2. The van der Waals surface area contributed by atoms with Gasteiger partial charge in [-0.3, -0.25) is 4.79 Å². The largest absolute Gasteiger partial charge is 0.481 e. The molecule has 1 aromatic heterocycles. The van der Waals surface area contributed by atoms with Crippen molar-refractivity contribution in [2.45, 2.75) is 19.0 Å². The minimum atomic E-state index is -5.02. The maximum Gasteiger partial charge on any atom is 0.418 e. The molecule has 1 heterocycles. The Morgan fingerprint density at radius 2 is 2.00 bits per heavy atom. The van der Waals surface area contributed by atoms with Gasteiger partial charge in [0.05, 0.1) is 12.0 Å². The lowest BCUT2D eigenvalue weighted by atomic mass is 10.0. The fraction of sp³-hybridized carbons (Fsp3) is 0.333. The molecule has 18 heavy (non-hydrogen) atoms. The molecule has 1 N–H and O–H groups in total. The summed E-state index contributed by atoms with van der Waals surface area (Å²) in [6.07, 6.45) is -9.20. The summed E-state index contributed by atoms with van der Waals surface area (Å²) in [6.45, 7) is 0. The normalized spacial score (nSPS) is 11.9. The van der Waals surface area contributed by atoms with E-state index in [1.54, 1.807) is 0 Å². The summed E-state index contributed by atoms with van der Waals surface area (Å²) < 4.78 is 62.6. The zero-order chi connectivity index (χ0) is 14.1. The van der Waals surface area contributed by atoms with Gasteiger partial charge in [0.1, 0.15) is 4.60 Å². The van der Waals surface area contributed by atoms with Crippen molar-refractivity contribution in [3.8, 4) is 0 Å². The topological polar surface area (TPSA) is 50.2 Å². The molecule has 100 valence electrons. The average Bonchev–Trinajstić information content (AvgIpc) is 2.17. The van der Waals surface area contributed by atoms with Crippen LogP contribution in [0.4, 0.5) is 22.0 Å². The summed E-state index contributed by atoms with van der Waals surface area (Å²) in [5, 5.41) is 8.52. The lowest BCUT2D eigenvalue weighted by molar-refractivity contribution is -0.140. The SMILES string of the molecule is O=C(O)Cc1c(Br)ncc(C(F)(F)F)c1C(F)F. The molecular weight excluding hydrogens is 329 g/mol. The number of hydrogen-bond acceptors (Lipinski definition) is 2. The second-order valence-corrected chi connectivity index (χ2v) is 3.98. The zero-order valence-corrected chi connectivity index (χ0v) is 10.0. The second-order valence-electron chi connectivity index (χ2n) is 3.22. The molecule has 1 rings (SSSR count).